The second kappa shape index (κ2) is 7.60. The van der Waals surface area contributed by atoms with Crippen molar-refractivity contribution in [3.63, 3.8) is 0 Å². The summed E-state index contributed by atoms with van der Waals surface area (Å²) in [4.78, 5) is 16.2. The highest BCUT2D eigenvalue weighted by Crippen LogP contribution is 2.42. The van der Waals surface area contributed by atoms with Gasteiger partial charge in [-0.15, -0.1) is 0 Å². The van der Waals surface area contributed by atoms with Crippen LogP contribution in [0.25, 0.3) is 33.7 Å². The zero-order chi connectivity index (χ0) is 20.5. The lowest BCUT2D eigenvalue weighted by atomic mass is 9.94. The fourth-order valence-corrected chi connectivity index (χ4v) is 4.21. The third kappa shape index (κ3) is 3.39. The van der Waals surface area contributed by atoms with Crippen molar-refractivity contribution in [2.45, 2.75) is 19.8 Å². The van der Waals surface area contributed by atoms with Crippen molar-refractivity contribution < 1.29 is 9.53 Å². The van der Waals surface area contributed by atoms with Crippen molar-refractivity contribution in [1.82, 2.24) is 4.98 Å². The minimum Gasteiger partial charge on any atom is -0.427 e. The molecule has 3 heteroatoms. The third-order valence-electron chi connectivity index (χ3n) is 5.49. The zero-order valence-electron chi connectivity index (χ0n) is 16.8. The van der Waals surface area contributed by atoms with Crippen LogP contribution in [-0.4, -0.2) is 11.0 Å². The number of para-hydroxylation sites is 1. The van der Waals surface area contributed by atoms with Crippen LogP contribution in [0.5, 0.6) is 5.75 Å². The van der Waals surface area contributed by atoms with E-state index in [9.17, 15) is 4.79 Å². The average molecular weight is 391 g/mol. The molecule has 1 heterocycles. The maximum absolute atomic E-state index is 11.1. The summed E-state index contributed by atoms with van der Waals surface area (Å²) in [5.41, 5.74) is 8.29. The number of allylic oxidation sites excluding steroid dienone is 1. The Hall–Kier alpha value is -3.72. The number of aromatic nitrogens is 1. The molecule has 1 aliphatic carbocycles. The third-order valence-corrected chi connectivity index (χ3v) is 5.49. The number of hydrogen-bond donors (Lipinski definition) is 0. The first-order valence-corrected chi connectivity index (χ1v) is 10.2. The van der Waals surface area contributed by atoms with Crippen LogP contribution in [0.2, 0.25) is 0 Å². The van der Waals surface area contributed by atoms with Crippen LogP contribution in [-0.2, 0) is 11.2 Å². The van der Waals surface area contributed by atoms with E-state index in [2.05, 4.69) is 54.6 Å². The summed E-state index contributed by atoms with van der Waals surface area (Å²) in [5, 5.41) is 1.20. The summed E-state index contributed by atoms with van der Waals surface area (Å²) in [7, 11) is 0. The van der Waals surface area contributed by atoms with E-state index in [0.29, 0.717) is 5.75 Å². The lowest BCUT2D eigenvalue weighted by Crippen LogP contribution is -2.00. The molecule has 5 rings (SSSR count). The molecule has 3 aromatic carbocycles. The molecular weight excluding hydrogens is 370 g/mol. The van der Waals surface area contributed by atoms with E-state index in [1.165, 1.54) is 34.6 Å². The molecular formula is C27H21NO2. The first-order valence-electron chi connectivity index (χ1n) is 10.2. The van der Waals surface area contributed by atoms with Crippen molar-refractivity contribution in [3.05, 3.63) is 95.7 Å². The van der Waals surface area contributed by atoms with E-state index in [0.717, 1.165) is 29.6 Å². The Morgan fingerprint density at radius 2 is 1.63 bits per heavy atom. The smallest absolute Gasteiger partial charge is 0.308 e. The minimum absolute atomic E-state index is 0.310. The quantitative estimate of drug-likeness (QED) is 0.303. The van der Waals surface area contributed by atoms with E-state index in [1.807, 2.05) is 30.3 Å². The number of benzene rings is 3. The molecule has 0 saturated carbocycles. The molecule has 0 saturated heterocycles. The predicted octanol–water partition coefficient (Wildman–Crippen LogP) is 6.31. The van der Waals surface area contributed by atoms with Gasteiger partial charge in [-0.05, 0) is 64.9 Å². The van der Waals surface area contributed by atoms with E-state index >= 15 is 0 Å². The van der Waals surface area contributed by atoms with Crippen LogP contribution < -0.4 is 4.74 Å². The second-order valence-corrected chi connectivity index (χ2v) is 7.53. The van der Waals surface area contributed by atoms with E-state index in [-0.39, 0.29) is 5.97 Å². The van der Waals surface area contributed by atoms with Crippen LogP contribution >= 0.6 is 0 Å². The number of rotatable bonds is 3. The number of carbonyl (C=O) groups is 1. The summed E-state index contributed by atoms with van der Waals surface area (Å²) in [6.07, 6.45) is 4.14. The van der Waals surface area contributed by atoms with Gasteiger partial charge in [-0.1, -0.05) is 60.7 Å². The molecule has 0 amide bonds. The second-order valence-electron chi connectivity index (χ2n) is 7.53. The molecule has 146 valence electrons. The van der Waals surface area contributed by atoms with Crippen molar-refractivity contribution in [3.8, 4) is 16.9 Å². The van der Waals surface area contributed by atoms with Gasteiger partial charge in [-0.3, -0.25) is 4.79 Å². The lowest BCUT2D eigenvalue weighted by Gasteiger charge is -2.13. The van der Waals surface area contributed by atoms with Crippen molar-refractivity contribution >= 4 is 28.5 Å². The van der Waals surface area contributed by atoms with Gasteiger partial charge in [-0.25, -0.2) is 4.98 Å². The van der Waals surface area contributed by atoms with Gasteiger partial charge in [-0.2, -0.15) is 0 Å². The largest absolute Gasteiger partial charge is 0.427 e. The molecule has 4 aromatic rings. The fourth-order valence-electron chi connectivity index (χ4n) is 4.21. The van der Waals surface area contributed by atoms with Gasteiger partial charge >= 0.3 is 5.97 Å². The van der Waals surface area contributed by atoms with Gasteiger partial charge in [0.05, 0.1) is 11.2 Å². The van der Waals surface area contributed by atoms with E-state index in [1.54, 1.807) is 0 Å². The lowest BCUT2D eigenvalue weighted by molar-refractivity contribution is -0.131. The van der Waals surface area contributed by atoms with Crippen LogP contribution in [0, 0.1) is 0 Å². The van der Waals surface area contributed by atoms with Crippen LogP contribution in [0.4, 0.5) is 0 Å². The minimum atomic E-state index is -0.310. The molecule has 0 N–H and O–H groups in total. The number of ether oxygens (including phenoxy) is 1. The Balaban J connectivity index is 1.62. The Morgan fingerprint density at radius 1 is 0.900 bits per heavy atom. The summed E-state index contributed by atoms with van der Waals surface area (Å²) in [5.74, 6) is 0.252. The molecule has 1 aliphatic rings. The summed E-state index contributed by atoms with van der Waals surface area (Å²) in [6.45, 7) is 1.41. The van der Waals surface area contributed by atoms with Gasteiger partial charge in [0.2, 0.25) is 0 Å². The number of hydrogen-bond acceptors (Lipinski definition) is 3. The van der Waals surface area contributed by atoms with Gasteiger partial charge < -0.3 is 4.74 Å². The van der Waals surface area contributed by atoms with Gasteiger partial charge in [0.1, 0.15) is 5.75 Å². The summed E-state index contributed by atoms with van der Waals surface area (Å²) in [6, 6.07) is 26.6. The molecule has 30 heavy (non-hydrogen) atoms. The van der Waals surface area contributed by atoms with Gasteiger partial charge in [0.15, 0.2) is 0 Å². The first-order chi connectivity index (χ1) is 14.7. The maximum Gasteiger partial charge on any atom is 0.308 e. The zero-order valence-corrected chi connectivity index (χ0v) is 16.8. The molecule has 0 unspecified atom stereocenters. The normalized spacial score (nSPS) is 14.1. The topological polar surface area (TPSA) is 39.2 Å². The van der Waals surface area contributed by atoms with Crippen molar-refractivity contribution in [2.24, 2.45) is 0 Å². The number of carbonyl (C=O) groups excluding carboxylic acids is 1. The first kappa shape index (κ1) is 18.3. The molecule has 3 nitrogen and oxygen atoms in total. The highest BCUT2D eigenvalue weighted by molar-refractivity contribution is 6.00. The number of nitrogens with zero attached hydrogens (tertiary/aromatic N) is 1. The number of fused-ring (bicyclic) bond motifs is 2. The highest BCUT2D eigenvalue weighted by Gasteiger charge is 2.24. The Labute approximate surface area is 175 Å². The molecule has 0 aliphatic heterocycles. The standard InChI is InChI=1S/C27H21NO2/c1-18(29)30-22-14-11-19(12-15-22)17-21-13-16-24-26(20-7-3-2-4-8-20)23-9-5-6-10-25(23)28-27(21)24/h2-12,14-15,17H,13,16H2,1H3/b21-17+. The Bertz CT molecular complexity index is 1270. The molecule has 0 bridgehead atoms. The predicted molar refractivity (Wildman–Crippen MR) is 121 cm³/mol. The van der Waals surface area contributed by atoms with E-state index in [4.69, 9.17) is 9.72 Å². The molecule has 1 aromatic heterocycles. The summed E-state index contributed by atoms with van der Waals surface area (Å²) >= 11 is 0. The summed E-state index contributed by atoms with van der Waals surface area (Å²) < 4.78 is 5.14. The number of esters is 1. The van der Waals surface area contributed by atoms with Crippen LogP contribution in [0.3, 0.4) is 0 Å². The fraction of sp³-hybridized carbons (Fsp3) is 0.111. The average Bonchev–Trinajstić information content (AvgIpc) is 3.15. The molecule has 0 fully saturated rings. The van der Waals surface area contributed by atoms with Gasteiger partial charge in [0.25, 0.3) is 0 Å². The Kier molecular flexibility index (Phi) is 4.64. The van der Waals surface area contributed by atoms with Crippen LogP contribution in [0.15, 0.2) is 78.9 Å². The maximum atomic E-state index is 11.1. The van der Waals surface area contributed by atoms with Crippen molar-refractivity contribution in [2.75, 3.05) is 0 Å². The Morgan fingerprint density at radius 3 is 2.40 bits per heavy atom. The van der Waals surface area contributed by atoms with Gasteiger partial charge in [0, 0.05) is 12.3 Å². The van der Waals surface area contributed by atoms with Crippen molar-refractivity contribution in [1.29, 1.82) is 0 Å². The van der Waals surface area contributed by atoms with E-state index < -0.39 is 0 Å². The highest BCUT2D eigenvalue weighted by atomic mass is 16.5. The molecule has 0 spiro atoms. The SMILES string of the molecule is CC(=O)Oc1ccc(/C=C2\CCc3c2nc2ccccc2c3-c2ccccc2)cc1. The van der Waals surface area contributed by atoms with Crippen LogP contribution in [0.1, 0.15) is 30.2 Å². The molecule has 0 radical (unpaired) electrons. The monoisotopic (exact) mass is 391 g/mol. The number of pyridine rings is 1. The molecule has 0 atom stereocenters.